The molecule has 0 saturated carbocycles. The van der Waals surface area contributed by atoms with E-state index in [0.29, 0.717) is 0 Å². The molecule has 1 heterocycles. The molecule has 0 N–H and O–H groups in total. The van der Waals surface area contributed by atoms with Crippen LogP contribution in [0.25, 0.3) is 49.4 Å². The average molecular weight is 475 g/mol. The van der Waals surface area contributed by atoms with Crippen LogP contribution in [0.15, 0.2) is 140 Å². The zero-order valence-electron chi connectivity index (χ0n) is 20.7. The van der Waals surface area contributed by atoms with Gasteiger partial charge >= 0.3 is 0 Å². The number of fused-ring (bicyclic) bond motifs is 5. The fourth-order valence-corrected chi connectivity index (χ4v) is 5.58. The molecule has 0 bridgehead atoms. The number of para-hydroxylation sites is 2. The SMILES string of the molecule is CN(c1ccccc1)c1cccc2c3c4ccccc4ccc3n(-c3ccc(-c4ccccc4)cc3)c12. The van der Waals surface area contributed by atoms with E-state index >= 15 is 0 Å². The summed E-state index contributed by atoms with van der Waals surface area (Å²) >= 11 is 0. The maximum Gasteiger partial charge on any atom is 0.0778 e. The molecule has 0 atom stereocenters. The molecule has 176 valence electrons. The molecule has 0 saturated heterocycles. The lowest BCUT2D eigenvalue weighted by atomic mass is 10.0. The zero-order chi connectivity index (χ0) is 24.8. The van der Waals surface area contributed by atoms with Gasteiger partial charge in [-0.05, 0) is 58.3 Å². The highest BCUT2D eigenvalue weighted by molar-refractivity contribution is 6.23. The molecule has 0 unspecified atom stereocenters. The van der Waals surface area contributed by atoms with Crippen molar-refractivity contribution in [3.63, 3.8) is 0 Å². The van der Waals surface area contributed by atoms with Crippen LogP contribution in [0.4, 0.5) is 11.4 Å². The number of hydrogen-bond donors (Lipinski definition) is 0. The molecule has 0 aliphatic carbocycles. The summed E-state index contributed by atoms with van der Waals surface area (Å²) < 4.78 is 2.43. The van der Waals surface area contributed by atoms with Gasteiger partial charge in [-0.1, -0.05) is 103 Å². The van der Waals surface area contributed by atoms with Gasteiger partial charge < -0.3 is 9.47 Å². The number of hydrogen-bond acceptors (Lipinski definition) is 1. The van der Waals surface area contributed by atoms with Crippen LogP contribution in [0.1, 0.15) is 0 Å². The molecule has 7 rings (SSSR count). The molecule has 37 heavy (non-hydrogen) atoms. The van der Waals surface area contributed by atoms with Crippen molar-refractivity contribution in [1.82, 2.24) is 4.57 Å². The molecule has 0 radical (unpaired) electrons. The lowest BCUT2D eigenvalue weighted by molar-refractivity contribution is 1.15. The Hall–Kier alpha value is -4.82. The number of nitrogens with zero attached hydrogens (tertiary/aromatic N) is 2. The highest BCUT2D eigenvalue weighted by atomic mass is 15.1. The Morgan fingerprint density at radius 1 is 0.514 bits per heavy atom. The lowest BCUT2D eigenvalue weighted by Crippen LogP contribution is -2.11. The van der Waals surface area contributed by atoms with Crippen molar-refractivity contribution >= 4 is 44.0 Å². The Labute approximate surface area is 216 Å². The molecule has 0 fully saturated rings. The first-order valence-electron chi connectivity index (χ1n) is 12.7. The molecule has 0 aliphatic rings. The van der Waals surface area contributed by atoms with E-state index in [4.69, 9.17) is 0 Å². The standard InChI is InChI=1S/C35H26N2/c1-36(28-14-6-3-7-15-28)33-18-10-17-31-34-30-16-9-8-13-27(30)21-24-32(34)37(35(31)33)29-22-19-26(20-23-29)25-11-4-2-5-12-25/h2-24H,1H3. The highest BCUT2D eigenvalue weighted by Crippen LogP contribution is 2.42. The van der Waals surface area contributed by atoms with E-state index in [1.54, 1.807) is 0 Å². The summed E-state index contributed by atoms with van der Waals surface area (Å²) in [6.45, 7) is 0. The van der Waals surface area contributed by atoms with Gasteiger partial charge in [0, 0.05) is 29.2 Å². The van der Waals surface area contributed by atoms with Crippen LogP contribution >= 0.6 is 0 Å². The van der Waals surface area contributed by atoms with E-state index in [-0.39, 0.29) is 0 Å². The summed E-state index contributed by atoms with van der Waals surface area (Å²) in [5, 5.41) is 5.10. The van der Waals surface area contributed by atoms with Gasteiger partial charge in [0.05, 0.1) is 16.7 Å². The number of aromatic nitrogens is 1. The van der Waals surface area contributed by atoms with E-state index in [9.17, 15) is 0 Å². The van der Waals surface area contributed by atoms with E-state index < -0.39 is 0 Å². The first-order valence-corrected chi connectivity index (χ1v) is 12.7. The molecule has 6 aromatic carbocycles. The summed E-state index contributed by atoms with van der Waals surface area (Å²) in [4.78, 5) is 2.29. The molecule has 0 amide bonds. The van der Waals surface area contributed by atoms with Crippen molar-refractivity contribution in [2.75, 3.05) is 11.9 Å². The van der Waals surface area contributed by atoms with Gasteiger partial charge in [0.1, 0.15) is 0 Å². The summed E-state index contributed by atoms with van der Waals surface area (Å²) in [5.74, 6) is 0. The minimum absolute atomic E-state index is 1.16. The van der Waals surface area contributed by atoms with Gasteiger partial charge in [0.2, 0.25) is 0 Å². The van der Waals surface area contributed by atoms with Crippen LogP contribution in [0, 0.1) is 0 Å². The van der Waals surface area contributed by atoms with Crippen molar-refractivity contribution in [3.8, 4) is 16.8 Å². The van der Waals surface area contributed by atoms with Crippen LogP contribution in [0.3, 0.4) is 0 Å². The molecule has 7 aromatic rings. The van der Waals surface area contributed by atoms with Gasteiger partial charge in [0.15, 0.2) is 0 Å². The molecular weight excluding hydrogens is 448 g/mol. The number of anilines is 2. The van der Waals surface area contributed by atoms with Gasteiger partial charge in [-0.25, -0.2) is 0 Å². The lowest BCUT2D eigenvalue weighted by Gasteiger charge is -2.22. The third-order valence-electron chi connectivity index (χ3n) is 7.39. The van der Waals surface area contributed by atoms with Crippen LogP contribution in [0.2, 0.25) is 0 Å². The Balaban J connectivity index is 1.54. The third-order valence-corrected chi connectivity index (χ3v) is 7.39. The summed E-state index contributed by atoms with van der Waals surface area (Å²) in [6.07, 6.45) is 0. The van der Waals surface area contributed by atoms with E-state index in [0.717, 1.165) is 11.4 Å². The average Bonchev–Trinajstić information content (AvgIpc) is 3.33. The second kappa shape index (κ2) is 8.69. The number of rotatable bonds is 4. The van der Waals surface area contributed by atoms with Crippen LogP contribution < -0.4 is 4.90 Å². The van der Waals surface area contributed by atoms with Gasteiger partial charge in [-0.15, -0.1) is 0 Å². The third kappa shape index (κ3) is 3.49. The smallest absolute Gasteiger partial charge is 0.0778 e. The van der Waals surface area contributed by atoms with Crippen LogP contribution in [-0.4, -0.2) is 11.6 Å². The monoisotopic (exact) mass is 474 g/mol. The van der Waals surface area contributed by atoms with Crippen LogP contribution in [0.5, 0.6) is 0 Å². The fourth-order valence-electron chi connectivity index (χ4n) is 5.58. The summed E-state index contributed by atoms with van der Waals surface area (Å²) in [5.41, 5.74) is 8.38. The van der Waals surface area contributed by atoms with Crippen molar-refractivity contribution in [3.05, 3.63) is 140 Å². The Kier molecular flexibility index (Phi) is 5.04. The predicted octanol–water partition coefficient (Wildman–Crippen LogP) is 9.37. The largest absolute Gasteiger partial charge is 0.343 e. The molecular formula is C35H26N2. The minimum Gasteiger partial charge on any atom is -0.343 e. The zero-order valence-corrected chi connectivity index (χ0v) is 20.7. The summed E-state index contributed by atoms with van der Waals surface area (Å²) in [6, 6.07) is 50.0. The Morgan fingerprint density at radius 2 is 1.16 bits per heavy atom. The second-order valence-corrected chi connectivity index (χ2v) is 9.50. The van der Waals surface area contributed by atoms with E-state index in [2.05, 4.69) is 156 Å². The topological polar surface area (TPSA) is 8.17 Å². The first-order chi connectivity index (χ1) is 18.3. The van der Waals surface area contributed by atoms with E-state index in [1.165, 1.54) is 49.4 Å². The molecule has 0 aliphatic heterocycles. The maximum atomic E-state index is 2.43. The van der Waals surface area contributed by atoms with Crippen molar-refractivity contribution < 1.29 is 0 Å². The van der Waals surface area contributed by atoms with Crippen LogP contribution in [-0.2, 0) is 0 Å². The highest BCUT2D eigenvalue weighted by Gasteiger charge is 2.19. The minimum atomic E-state index is 1.16. The van der Waals surface area contributed by atoms with Crippen molar-refractivity contribution in [2.24, 2.45) is 0 Å². The molecule has 0 spiro atoms. The van der Waals surface area contributed by atoms with Gasteiger partial charge in [-0.3, -0.25) is 0 Å². The molecule has 2 nitrogen and oxygen atoms in total. The fraction of sp³-hybridized carbons (Fsp3) is 0.0286. The Morgan fingerprint density at radius 3 is 1.95 bits per heavy atom. The van der Waals surface area contributed by atoms with Crippen molar-refractivity contribution in [2.45, 2.75) is 0 Å². The first kappa shape index (κ1) is 21.5. The maximum absolute atomic E-state index is 2.43. The quantitative estimate of drug-likeness (QED) is 0.247. The van der Waals surface area contributed by atoms with Gasteiger partial charge in [-0.2, -0.15) is 0 Å². The second-order valence-electron chi connectivity index (χ2n) is 9.50. The predicted molar refractivity (Wildman–Crippen MR) is 158 cm³/mol. The van der Waals surface area contributed by atoms with Crippen molar-refractivity contribution in [1.29, 1.82) is 0 Å². The number of benzene rings is 6. The van der Waals surface area contributed by atoms with Gasteiger partial charge in [0.25, 0.3) is 0 Å². The Bertz CT molecular complexity index is 1860. The normalized spacial score (nSPS) is 11.4. The molecule has 1 aromatic heterocycles. The molecule has 2 heteroatoms. The van der Waals surface area contributed by atoms with E-state index in [1.807, 2.05) is 0 Å². The summed E-state index contributed by atoms with van der Waals surface area (Å²) in [7, 11) is 2.16.